The van der Waals surface area contributed by atoms with Crippen LogP contribution in [0.4, 0.5) is 0 Å². The molecule has 0 unspecified atom stereocenters. The first-order valence-electron chi connectivity index (χ1n) is 5.14. The number of nitrogens with zero attached hydrogens (tertiary/aromatic N) is 1. The predicted molar refractivity (Wildman–Crippen MR) is 60.9 cm³/mol. The van der Waals surface area contributed by atoms with Crippen molar-refractivity contribution in [1.82, 2.24) is 4.98 Å². The summed E-state index contributed by atoms with van der Waals surface area (Å²) in [5.74, 6) is 0. The summed E-state index contributed by atoms with van der Waals surface area (Å²) in [6, 6.07) is 10.4. The maximum atomic E-state index is 5.36. The maximum Gasteiger partial charge on any atom is 0.182 e. The maximum absolute atomic E-state index is 5.36. The van der Waals surface area contributed by atoms with E-state index in [9.17, 15) is 0 Å². The average molecular weight is 197 g/mol. The second-order valence-corrected chi connectivity index (χ2v) is 3.63. The molecule has 0 fully saturated rings. The third kappa shape index (κ3) is 1.14. The molecule has 0 N–H and O–H groups in total. The molecule has 15 heavy (non-hydrogen) atoms. The Balaban J connectivity index is 2.58. The average Bonchev–Trinajstić information content (AvgIpc) is 2.76. The summed E-state index contributed by atoms with van der Waals surface area (Å²) in [4.78, 5) is 4.26. The predicted octanol–water partition coefficient (Wildman–Crippen LogP) is 3.54. The zero-order chi connectivity index (χ0) is 10.3. The smallest absolute Gasteiger partial charge is 0.182 e. The lowest BCUT2D eigenvalue weighted by molar-refractivity contribution is 0.602. The van der Waals surface area contributed by atoms with Gasteiger partial charge in [-0.25, -0.2) is 4.98 Å². The molecule has 0 aliphatic heterocycles. The Hall–Kier alpha value is -1.83. The summed E-state index contributed by atoms with van der Waals surface area (Å²) in [6.45, 7) is 2.16. The van der Waals surface area contributed by atoms with Crippen LogP contribution in [-0.2, 0) is 6.42 Å². The van der Waals surface area contributed by atoms with E-state index in [1.165, 1.54) is 22.7 Å². The van der Waals surface area contributed by atoms with Crippen molar-refractivity contribution in [3.8, 4) is 0 Å². The summed E-state index contributed by atoms with van der Waals surface area (Å²) in [5, 5.41) is 2.46. The number of benzene rings is 2. The molecule has 0 bridgehead atoms. The van der Waals surface area contributed by atoms with Crippen LogP contribution < -0.4 is 0 Å². The van der Waals surface area contributed by atoms with Crippen molar-refractivity contribution in [3.05, 3.63) is 42.3 Å². The van der Waals surface area contributed by atoms with Gasteiger partial charge in [-0.15, -0.1) is 0 Å². The van der Waals surface area contributed by atoms with Crippen LogP contribution in [-0.4, -0.2) is 4.98 Å². The third-order valence-corrected chi connectivity index (χ3v) is 2.81. The quantitative estimate of drug-likeness (QED) is 0.596. The Bertz CT molecular complexity index is 625. The molecule has 0 amide bonds. The number of rotatable bonds is 1. The molecule has 1 aromatic heterocycles. The van der Waals surface area contributed by atoms with Gasteiger partial charge in [0.05, 0.1) is 0 Å². The molecule has 0 aliphatic carbocycles. The van der Waals surface area contributed by atoms with Gasteiger partial charge in [-0.2, -0.15) is 0 Å². The van der Waals surface area contributed by atoms with E-state index in [0.29, 0.717) is 0 Å². The normalized spacial score (nSPS) is 11.3. The number of fused-ring (bicyclic) bond motifs is 3. The minimum atomic E-state index is 0.880. The van der Waals surface area contributed by atoms with Gasteiger partial charge in [0.1, 0.15) is 5.52 Å². The lowest BCUT2D eigenvalue weighted by Gasteiger charge is -2.03. The van der Waals surface area contributed by atoms with E-state index in [-0.39, 0.29) is 0 Å². The molecule has 2 heteroatoms. The SMILES string of the molecule is CCc1cc2ocnc2c2ccccc12. The van der Waals surface area contributed by atoms with Gasteiger partial charge >= 0.3 is 0 Å². The molecule has 0 radical (unpaired) electrons. The molecule has 0 spiro atoms. The highest BCUT2D eigenvalue weighted by Crippen LogP contribution is 2.27. The second kappa shape index (κ2) is 3.09. The third-order valence-electron chi connectivity index (χ3n) is 2.81. The van der Waals surface area contributed by atoms with Gasteiger partial charge < -0.3 is 4.42 Å². The fourth-order valence-corrected chi connectivity index (χ4v) is 2.06. The zero-order valence-corrected chi connectivity index (χ0v) is 8.53. The Morgan fingerprint density at radius 2 is 2.00 bits per heavy atom. The molecular weight excluding hydrogens is 186 g/mol. The molecule has 0 atom stereocenters. The van der Waals surface area contributed by atoms with Crippen LogP contribution in [0.1, 0.15) is 12.5 Å². The molecule has 0 saturated heterocycles. The Kier molecular flexibility index (Phi) is 1.75. The van der Waals surface area contributed by atoms with E-state index in [2.05, 4.69) is 36.2 Å². The molecule has 1 heterocycles. The first-order valence-corrected chi connectivity index (χ1v) is 5.14. The fraction of sp³-hybridized carbons (Fsp3) is 0.154. The monoisotopic (exact) mass is 197 g/mol. The van der Waals surface area contributed by atoms with Crippen LogP contribution in [0.15, 0.2) is 41.1 Å². The second-order valence-electron chi connectivity index (χ2n) is 3.63. The van der Waals surface area contributed by atoms with Gasteiger partial charge in [0.15, 0.2) is 12.0 Å². The largest absolute Gasteiger partial charge is 0.443 e. The molecule has 2 nitrogen and oxygen atoms in total. The van der Waals surface area contributed by atoms with Crippen LogP contribution in [0.3, 0.4) is 0 Å². The van der Waals surface area contributed by atoms with Crippen LogP contribution in [0, 0.1) is 0 Å². The van der Waals surface area contributed by atoms with Crippen molar-refractivity contribution in [3.63, 3.8) is 0 Å². The minimum absolute atomic E-state index is 0.880. The van der Waals surface area contributed by atoms with Crippen molar-refractivity contribution >= 4 is 21.9 Å². The number of hydrogen-bond donors (Lipinski definition) is 0. The van der Waals surface area contributed by atoms with Gasteiger partial charge in [0.25, 0.3) is 0 Å². The van der Waals surface area contributed by atoms with Crippen molar-refractivity contribution < 1.29 is 4.42 Å². The highest BCUT2D eigenvalue weighted by atomic mass is 16.3. The van der Waals surface area contributed by atoms with Gasteiger partial charge in [0, 0.05) is 5.39 Å². The lowest BCUT2D eigenvalue weighted by Crippen LogP contribution is -1.84. The molecule has 3 aromatic rings. The van der Waals surface area contributed by atoms with Crippen LogP contribution >= 0.6 is 0 Å². The Morgan fingerprint density at radius 3 is 2.80 bits per heavy atom. The molecule has 74 valence electrons. The molecule has 0 aliphatic rings. The van der Waals surface area contributed by atoms with E-state index in [0.717, 1.165) is 17.5 Å². The topological polar surface area (TPSA) is 26.0 Å². The fourth-order valence-electron chi connectivity index (χ4n) is 2.06. The van der Waals surface area contributed by atoms with Crippen molar-refractivity contribution in [2.24, 2.45) is 0 Å². The van der Waals surface area contributed by atoms with Crippen molar-refractivity contribution in [1.29, 1.82) is 0 Å². The highest BCUT2D eigenvalue weighted by Gasteiger charge is 2.07. The first-order chi connectivity index (χ1) is 7.40. The van der Waals surface area contributed by atoms with Crippen molar-refractivity contribution in [2.45, 2.75) is 13.3 Å². The van der Waals surface area contributed by atoms with Gasteiger partial charge in [0.2, 0.25) is 0 Å². The van der Waals surface area contributed by atoms with E-state index < -0.39 is 0 Å². The summed E-state index contributed by atoms with van der Waals surface area (Å²) in [5.41, 5.74) is 3.16. The number of aryl methyl sites for hydroxylation is 1. The standard InChI is InChI=1S/C13H11NO/c1-2-9-7-12-13(14-8-15-12)11-6-4-3-5-10(9)11/h3-8H,2H2,1H3. The molecule has 3 rings (SSSR count). The van der Waals surface area contributed by atoms with Crippen LogP contribution in [0.5, 0.6) is 0 Å². The van der Waals surface area contributed by atoms with E-state index in [1.807, 2.05) is 6.07 Å². The summed E-state index contributed by atoms with van der Waals surface area (Å²) >= 11 is 0. The Morgan fingerprint density at radius 1 is 1.20 bits per heavy atom. The molecule has 0 saturated carbocycles. The van der Waals surface area contributed by atoms with E-state index in [4.69, 9.17) is 4.42 Å². The summed E-state index contributed by atoms with van der Waals surface area (Å²) in [6.07, 6.45) is 2.52. The van der Waals surface area contributed by atoms with Gasteiger partial charge in [-0.05, 0) is 23.4 Å². The number of aromatic nitrogens is 1. The first kappa shape index (κ1) is 8.48. The van der Waals surface area contributed by atoms with Gasteiger partial charge in [-0.3, -0.25) is 0 Å². The van der Waals surface area contributed by atoms with Crippen molar-refractivity contribution in [2.75, 3.05) is 0 Å². The minimum Gasteiger partial charge on any atom is -0.443 e. The number of oxazole rings is 1. The highest BCUT2D eigenvalue weighted by molar-refractivity contribution is 6.04. The summed E-state index contributed by atoms with van der Waals surface area (Å²) in [7, 11) is 0. The van der Waals surface area contributed by atoms with Crippen LogP contribution in [0.25, 0.3) is 21.9 Å². The lowest BCUT2D eigenvalue weighted by atomic mass is 10.0. The Labute approximate surface area is 87.5 Å². The van der Waals surface area contributed by atoms with E-state index in [1.54, 1.807) is 0 Å². The summed E-state index contributed by atoms with van der Waals surface area (Å²) < 4.78 is 5.36. The number of hydrogen-bond acceptors (Lipinski definition) is 2. The van der Waals surface area contributed by atoms with Crippen LogP contribution in [0.2, 0.25) is 0 Å². The van der Waals surface area contributed by atoms with E-state index >= 15 is 0 Å². The molecule has 2 aromatic carbocycles. The van der Waals surface area contributed by atoms with Gasteiger partial charge in [-0.1, -0.05) is 31.2 Å². The zero-order valence-electron chi connectivity index (χ0n) is 8.53. The molecular formula is C13H11NO.